The second-order valence-electron chi connectivity index (χ2n) is 6.52. The smallest absolute Gasteiger partial charge is 0.258 e. The molecule has 1 aromatic heterocycles. The zero-order valence-electron chi connectivity index (χ0n) is 12.1. The Morgan fingerprint density at radius 3 is 2.70 bits per heavy atom. The molecule has 1 fully saturated rings. The first-order chi connectivity index (χ1) is 9.53. The van der Waals surface area contributed by atoms with Crippen LogP contribution in [0.5, 0.6) is 0 Å². The van der Waals surface area contributed by atoms with Crippen molar-refractivity contribution in [1.29, 1.82) is 0 Å². The van der Waals surface area contributed by atoms with Crippen LogP contribution in [-0.2, 0) is 0 Å². The van der Waals surface area contributed by atoms with Gasteiger partial charge < -0.3 is 10.3 Å². The van der Waals surface area contributed by atoms with Gasteiger partial charge in [0.25, 0.3) is 5.89 Å². The van der Waals surface area contributed by atoms with Gasteiger partial charge in [0.2, 0.25) is 0 Å². The quantitative estimate of drug-likeness (QED) is 0.838. The van der Waals surface area contributed by atoms with Crippen LogP contribution in [0.2, 0.25) is 0 Å². The van der Waals surface area contributed by atoms with Gasteiger partial charge in [-0.05, 0) is 49.3 Å². The van der Waals surface area contributed by atoms with Crippen LogP contribution < -0.4 is 5.73 Å². The highest BCUT2D eigenvalue weighted by Gasteiger charge is 2.30. The van der Waals surface area contributed by atoms with Gasteiger partial charge in [-0.25, -0.2) is 0 Å². The van der Waals surface area contributed by atoms with Gasteiger partial charge in [-0.3, -0.25) is 0 Å². The first kappa shape index (κ1) is 13.2. The number of hydrogen-bond donors (Lipinski definition) is 1. The van der Waals surface area contributed by atoms with Crippen molar-refractivity contribution in [3.8, 4) is 11.5 Å². The molecule has 2 aromatic rings. The summed E-state index contributed by atoms with van der Waals surface area (Å²) in [4.78, 5) is 4.56. The maximum absolute atomic E-state index is 5.79. The first-order valence-electron chi connectivity index (χ1n) is 7.23. The third-order valence-electron chi connectivity index (χ3n) is 4.28. The highest BCUT2D eigenvalue weighted by molar-refractivity contribution is 5.59. The Hall–Kier alpha value is -1.84. The molecule has 3 rings (SSSR count). The van der Waals surface area contributed by atoms with Gasteiger partial charge in [0.1, 0.15) is 0 Å². The van der Waals surface area contributed by atoms with E-state index >= 15 is 0 Å². The summed E-state index contributed by atoms with van der Waals surface area (Å²) in [7, 11) is 0. The van der Waals surface area contributed by atoms with Crippen molar-refractivity contribution in [3.05, 3.63) is 30.1 Å². The average molecular weight is 271 g/mol. The number of rotatable bonds is 2. The van der Waals surface area contributed by atoms with E-state index in [9.17, 15) is 0 Å². The summed E-state index contributed by atoms with van der Waals surface area (Å²) in [5.41, 5.74) is 7.84. The van der Waals surface area contributed by atoms with E-state index in [1.54, 1.807) is 0 Å². The molecule has 0 atom stereocenters. The van der Waals surface area contributed by atoms with Crippen molar-refractivity contribution in [2.75, 3.05) is 5.73 Å². The molecular weight excluding hydrogens is 250 g/mol. The van der Waals surface area contributed by atoms with Crippen LogP contribution in [0.1, 0.15) is 51.3 Å². The summed E-state index contributed by atoms with van der Waals surface area (Å²) in [5, 5.41) is 4.17. The summed E-state index contributed by atoms with van der Waals surface area (Å²) in [6.45, 7) is 4.66. The highest BCUT2D eigenvalue weighted by Crippen LogP contribution is 2.41. The molecule has 1 aliphatic carbocycles. The number of nitrogen functional groups attached to an aromatic ring is 1. The number of benzene rings is 1. The van der Waals surface area contributed by atoms with E-state index in [1.807, 2.05) is 24.3 Å². The predicted octanol–water partition coefficient (Wildman–Crippen LogP) is 4.00. The van der Waals surface area contributed by atoms with Crippen LogP contribution in [0.3, 0.4) is 0 Å². The Bertz CT molecular complexity index is 593. The fraction of sp³-hybridized carbons (Fsp3) is 0.500. The standard InChI is InChI=1S/C16H21N3O/c1-16(2)8-6-11(7-9-16)14-18-15(20-19-14)12-4-3-5-13(17)10-12/h3-5,10-11H,6-9,17H2,1-2H3. The Morgan fingerprint density at radius 1 is 1.25 bits per heavy atom. The van der Waals surface area contributed by atoms with E-state index in [2.05, 4.69) is 24.0 Å². The van der Waals surface area contributed by atoms with E-state index < -0.39 is 0 Å². The lowest BCUT2D eigenvalue weighted by Crippen LogP contribution is -2.20. The minimum Gasteiger partial charge on any atom is -0.399 e. The molecule has 0 saturated heterocycles. The molecular formula is C16H21N3O. The second kappa shape index (κ2) is 4.93. The number of nitrogens with zero attached hydrogens (tertiary/aromatic N) is 2. The maximum Gasteiger partial charge on any atom is 0.258 e. The Balaban J connectivity index is 1.78. The molecule has 1 heterocycles. The highest BCUT2D eigenvalue weighted by atomic mass is 16.5. The van der Waals surface area contributed by atoms with Crippen molar-refractivity contribution < 1.29 is 4.52 Å². The monoisotopic (exact) mass is 271 g/mol. The molecule has 1 saturated carbocycles. The van der Waals surface area contributed by atoms with Crippen molar-refractivity contribution >= 4 is 5.69 Å². The number of hydrogen-bond acceptors (Lipinski definition) is 4. The van der Waals surface area contributed by atoms with E-state index in [0.29, 0.717) is 22.9 Å². The van der Waals surface area contributed by atoms with Gasteiger partial charge in [-0.1, -0.05) is 25.1 Å². The fourth-order valence-electron chi connectivity index (χ4n) is 2.85. The zero-order valence-corrected chi connectivity index (χ0v) is 12.1. The molecule has 106 valence electrons. The molecule has 0 radical (unpaired) electrons. The van der Waals surface area contributed by atoms with Crippen LogP contribution in [0.4, 0.5) is 5.69 Å². The second-order valence-corrected chi connectivity index (χ2v) is 6.52. The van der Waals surface area contributed by atoms with E-state index in [1.165, 1.54) is 12.8 Å². The van der Waals surface area contributed by atoms with Crippen molar-refractivity contribution in [1.82, 2.24) is 10.1 Å². The summed E-state index contributed by atoms with van der Waals surface area (Å²) < 4.78 is 5.39. The van der Waals surface area contributed by atoms with Gasteiger partial charge in [-0.2, -0.15) is 4.98 Å². The fourth-order valence-corrected chi connectivity index (χ4v) is 2.85. The SMILES string of the molecule is CC1(C)CCC(c2noc(-c3cccc(N)c3)n2)CC1. The third-order valence-corrected chi connectivity index (χ3v) is 4.28. The van der Waals surface area contributed by atoms with Crippen LogP contribution in [0.15, 0.2) is 28.8 Å². The third kappa shape index (κ3) is 2.69. The van der Waals surface area contributed by atoms with Gasteiger partial charge >= 0.3 is 0 Å². The molecule has 1 aromatic carbocycles. The number of nitrogens with two attached hydrogens (primary N) is 1. The molecule has 1 aliphatic rings. The lowest BCUT2D eigenvalue weighted by Gasteiger charge is -2.32. The Kier molecular flexibility index (Phi) is 3.24. The molecule has 4 heteroatoms. The van der Waals surface area contributed by atoms with E-state index in [-0.39, 0.29) is 0 Å². The van der Waals surface area contributed by atoms with Gasteiger partial charge in [0, 0.05) is 17.2 Å². The lowest BCUT2D eigenvalue weighted by atomic mass is 9.73. The molecule has 2 N–H and O–H groups in total. The molecule has 0 spiro atoms. The molecule has 0 aliphatic heterocycles. The van der Waals surface area contributed by atoms with Crippen LogP contribution >= 0.6 is 0 Å². The average Bonchev–Trinajstić information content (AvgIpc) is 2.88. The zero-order chi connectivity index (χ0) is 14.2. The van der Waals surface area contributed by atoms with Crippen LogP contribution in [0, 0.1) is 5.41 Å². The van der Waals surface area contributed by atoms with Gasteiger partial charge in [0.05, 0.1) is 0 Å². The topological polar surface area (TPSA) is 64.9 Å². The largest absolute Gasteiger partial charge is 0.399 e. The summed E-state index contributed by atoms with van der Waals surface area (Å²) in [6.07, 6.45) is 4.73. The molecule has 0 amide bonds. The van der Waals surface area contributed by atoms with E-state index in [4.69, 9.17) is 10.3 Å². The van der Waals surface area contributed by atoms with Crippen LogP contribution in [-0.4, -0.2) is 10.1 Å². The maximum atomic E-state index is 5.79. The molecule has 20 heavy (non-hydrogen) atoms. The summed E-state index contributed by atoms with van der Waals surface area (Å²) in [5.74, 6) is 1.84. The van der Waals surface area contributed by atoms with Crippen molar-refractivity contribution in [3.63, 3.8) is 0 Å². The molecule has 0 unspecified atom stereocenters. The summed E-state index contributed by atoms with van der Waals surface area (Å²) in [6, 6.07) is 7.56. The first-order valence-corrected chi connectivity index (χ1v) is 7.23. The normalized spacial score (nSPS) is 19.1. The molecule has 4 nitrogen and oxygen atoms in total. The van der Waals surface area contributed by atoms with Gasteiger partial charge in [0.15, 0.2) is 5.82 Å². The minimum absolute atomic E-state index is 0.432. The Labute approximate surface area is 119 Å². The van der Waals surface area contributed by atoms with Crippen molar-refractivity contribution in [2.45, 2.75) is 45.4 Å². The minimum atomic E-state index is 0.432. The van der Waals surface area contributed by atoms with Crippen molar-refractivity contribution in [2.24, 2.45) is 5.41 Å². The lowest BCUT2D eigenvalue weighted by molar-refractivity contribution is 0.218. The summed E-state index contributed by atoms with van der Waals surface area (Å²) >= 11 is 0. The van der Waals surface area contributed by atoms with Crippen LogP contribution in [0.25, 0.3) is 11.5 Å². The molecule has 0 bridgehead atoms. The number of anilines is 1. The van der Waals surface area contributed by atoms with Gasteiger partial charge in [-0.15, -0.1) is 0 Å². The van der Waals surface area contributed by atoms with E-state index in [0.717, 1.165) is 24.2 Å². The number of aromatic nitrogens is 2. The Morgan fingerprint density at radius 2 is 2.00 bits per heavy atom. The predicted molar refractivity (Wildman–Crippen MR) is 79.1 cm³/mol.